The van der Waals surface area contributed by atoms with Gasteiger partial charge in [-0.1, -0.05) is 53.8 Å². The average molecular weight is 255 g/mol. The zero-order chi connectivity index (χ0) is 14.1. The van der Waals surface area contributed by atoms with Gasteiger partial charge >= 0.3 is 0 Å². The number of hydrogen-bond acceptors (Lipinski definition) is 2. The second-order valence-corrected chi connectivity index (χ2v) is 3.95. The highest BCUT2D eigenvalue weighted by Gasteiger charge is 2.12. The van der Waals surface area contributed by atoms with Gasteiger partial charge in [0.2, 0.25) is 0 Å². The van der Waals surface area contributed by atoms with E-state index in [1.807, 2.05) is 64.2 Å². The van der Waals surface area contributed by atoms with E-state index < -0.39 is 0 Å². The predicted molar refractivity (Wildman–Crippen MR) is 82.6 cm³/mol. The fourth-order valence-electron chi connectivity index (χ4n) is 1.75. The third-order valence-corrected chi connectivity index (χ3v) is 2.70. The second-order valence-electron chi connectivity index (χ2n) is 3.95. The largest absolute Gasteiger partial charge is 0.363 e. The van der Waals surface area contributed by atoms with Gasteiger partial charge in [0.1, 0.15) is 12.0 Å². The quantitative estimate of drug-likeness (QED) is 0.677. The van der Waals surface area contributed by atoms with Crippen LogP contribution in [0.2, 0.25) is 0 Å². The Morgan fingerprint density at radius 2 is 1.68 bits per heavy atom. The molecule has 1 rings (SSSR count). The number of aromatic nitrogens is 1. The van der Waals surface area contributed by atoms with E-state index in [0.717, 1.165) is 22.4 Å². The van der Waals surface area contributed by atoms with Crippen molar-refractivity contribution in [1.29, 1.82) is 0 Å². The molecule has 0 N–H and O–H groups in total. The summed E-state index contributed by atoms with van der Waals surface area (Å²) in [6.07, 6.45) is 17.9. The topological polar surface area (TPSA) is 26.0 Å². The van der Waals surface area contributed by atoms with Gasteiger partial charge in [-0.25, -0.2) is 0 Å². The van der Waals surface area contributed by atoms with E-state index in [1.165, 1.54) is 0 Å². The summed E-state index contributed by atoms with van der Waals surface area (Å²) in [6, 6.07) is 0. The lowest BCUT2D eigenvalue weighted by Crippen LogP contribution is -1.88. The Balaban J connectivity index is 3.18. The molecule has 0 amide bonds. The lowest BCUT2D eigenvalue weighted by Gasteiger charge is -2.02. The van der Waals surface area contributed by atoms with Crippen molar-refractivity contribution < 1.29 is 4.52 Å². The van der Waals surface area contributed by atoms with Crippen molar-refractivity contribution >= 4 is 11.1 Å². The zero-order valence-corrected chi connectivity index (χ0v) is 12.1. The molecule has 1 aromatic heterocycles. The van der Waals surface area contributed by atoms with Crippen molar-refractivity contribution in [3.63, 3.8) is 0 Å². The Kier molecular flexibility index (Phi) is 6.37. The minimum absolute atomic E-state index is 0.870. The zero-order valence-electron chi connectivity index (χ0n) is 12.1. The molecule has 0 aromatic carbocycles. The van der Waals surface area contributed by atoms with Crippen LogP contribution in [0.5, 0.6) is 0 Å². The molecule has 1 aromatic rings. The van der Waals surface area contributed by atoms with Gasteiger partial charge < -0.3 is 4.52 Å². The van der Waals surface area contributed by atoms with E-state index in [1.54, 1.807) is 6.26 Å². The van der Waals surface area contributed by atoms with E-state index >= 15 is 0 Å². The molecular weight excluding hydrogens is 234 g/mol. The van der Waals surface area contributed by atoms with E-state index in [0.29, 0.717) is 0 Å². The first-order valence-corrected chi connectivity index (χ1v) is 6.48. The highest BCUT2D eigenvalue weighted by Crippen LogP contribution is 2.26. The van der Waals surface area contributed by atoms with Crippen LogP contribution in [0.4, 0.5) is 0 Å². The van der Waals surface area contributed by atoms with Crippen LogP contribution >= 0.6 is 0 Å². The van der Waals surface area contributed by atoms with Crippen LogP contribution in [0.1, 0.15) is 39.0 Å². The minimum atomic E-state index is 0.870. The predicted octanol–water partition coefficient (Wildman–Crippen LogP) is 5.19. The van der Waals surface area contributed by atoms with Crippen molar-refractivity contribution in [2.75, 3.05) is 0 Å². The van der Waals surface area contributed by atoms with Crippen molar-refractivity contribution in [3.8, 4) is 0 Å². The molecule has 1 heterocycles. The van der Waals surface area contributed by atoms with Gasteiger partial charge in [0, 0.05) is 11.1 Å². The Hall–Kier alpha value is -2.09. The fourth-order valence-corrected chi connectivity index (χ4v) is 1.75. The molecule has 100 valence electrons. The third kappa shape index (κ3) is 3.95. The summed E-state index contributed by atoms with van der Waals surface area (Å²) in [4.78, 5) is 0. The van der Waals surface area contributed by atoms with Crippen LogP contribution in [0.25, 0.3) is 11.1 Å². The van der Waals surface area contributed by atoms with Gasteiger partial charge in [-0.15, -0.1) is 0 Å². The first kappa shape index (κ1) is 15.0. The van der Waals surface area contributed by atoms with Crippen molar-refractivity contribution in [1.82, 2.24) is 5.16 Å². The molecule has 0 radical (unpaired) electrons. The van der Waals surface area contributed by atoms with Crippen LogP contribution < -0.4 is 0 Å². The summed E-state index contributed by atoms with van der Waals surface area (Å²) in [6.45, 7) is 8.00. The lowest BCUT2D eigenvalue weighted by atomic mass is 10.0. The lowest BCUT2D eigenvalue weighted by molar-refractivity contribution is 0.417. The molecule has 0 bridgehead atoms. The molecule has 0 saturated carbocycles. The molecule has 2 nitrogen and oxygen atoms in total. The Bertz CT molecular complexity index is 539. The Labute approximate surface area is 115 Å². The summed E-state index contributed by atoms with van der Waals surface area (Å²) in [5.74, 6) is 0. The van der Waals surface area contributed by atoms with Gasteiger partial charge in [0.05, 0.1) is 0 Å². The van der Waals surface area contributed by atoms with Gasteiger partial charge in [-0.2, -0.15) is 0 Å². The fraction of sp³-hybridized carbons (Fsp3) is 0.235. The van der Waals surface area contributed by atoms with E-state index in [4.69, 9.17) is 4.52 Å². The highest BCUT2D eigenvalue weighted by molar-refractivity contribution is 5.84. The van der Waals surface area contributed by atoms with Gasteiger partial charge in [-0.05, 0) is 33.3 Å². The molecule has 2 heteroatoms. The molecular formula is C17H21NO. The maximum atomic E-state index is 5.15. The molecule has 0 aliphatic heterocycles. The first-order valence-electron chi connectivity index (χ1n) is 6.48. The van der Waals surface area contributed by atoms with Crippen LogP contribution in [0.3, 0.4) is 0 Å². The van der Waals surface area contributed by atoms with Crippen LogP contribution in [0, 0.1) is 0 Å². The van der Waals surface area contributed by atoms with Crippen LogP contribution in [-0.2, 0) is 0 Å². The van der Waals surface area contributed by atoms with Crippen LogP contribution in [0.15, 0.2) is 59.4 Å². The SMILES string of the molecule is C\C=C/C=C\C(=C/C)c1nocc1C(/C=C\C)=C/C. The number of nitrogens with zero attached hydrogens (tertiary/aromatic N) is 1. The average Bonchev–Trinajstić information content (AvgIpc) is 2.90. The number of hydrogen-bond donors (Lipinski definition) is 0. The van der Waals surface area contributed by atoms with Crippen molar-refractivity contribution in [2.45, 2.75) is 27.7 Å². The minimum Gasteiger partial charge on any atom is -0.363 e. The molecule has 0 fully saturated rings. The summed E-state index contributed by atoms with van der Waals surface area (Å²) in [5.41, 5.74) is 4.04. The van der Waals surface area contributed by atoms with Gasteiger partial charge in [-0.3, -0.25) is 0 Å². The number of allylic oxidation sites excluding steroid dienone is 10. The van der Waals surface area contributed by atoms with E-state index in [9.17, 15) is 0 Å². The summed E-state index contributed by atoms with van der Waals surface area (Å²) >= 11 is 0. The summed E-state index contributed by atoms with van der Waals surface area (Å²) in [7, 11) is 0. The van der Waals surface area contributed by atoms with Crippen LogP contribution in [-0.4, -0.2) is 5.16 Å². The smallest absolute Gasteiger partial charge is 0.132 e. The molecule has 19 heavy (non-hydrogen) atoms. The highest BCUT2D eigenvalue weighted by atomic mass is 16.5. The molecule has 0 unspecified atom stereocenters. The molecule has 0 atom stereocenters. The third-order valence-electron chi connectivity index (χ3n) is 2.70. The van der Waals surface area contributed by atoms with Crippen molar-refractivity contribution in [3.05, 3.63) is 66.1 Å². The monoisotopic (exact) mass is 255 g/mol. The normalized spacial score (nSPS) is 14.3. The molecule has 0 saturated heterocycles. The maximum absolute atomic E-state index is 5.15. The van der Waals surface area contributed by atoms with E-state index in [2.05, 4.69) is 17.3 Å². The Morgan fingerprint density at radius 1 is 0.947 bits per heavy atom. The van der Waals surface area contributed by atoms with E-state index in [-0.39, 0.29) is 0 Å². The van der Waals surface area contributed by atoms with Gasteiger partial charge in [0.25, 0.3) is 0 Å². The number of rotatable bonds is 5. The standard InChI is InChI=1S/C17H21NO/c1-5-9-10-12-15(8-4)17-16(13-19-18-17)14(7-3)11-6-2/h5-13H,1-4H3/b9-5-,11-6-,12-10-,14-7+,15-8+. The van der Waals surface area contributed by atoms with Crippen molar-refractivity contribution in [2.24, 2.45) is 0 Å². The summed E-state index contributed by atoms with van der Waals surface area (Å²) in [5, 5.41) is 4.12. The Morgan fingerprint density at radius 3 is 2.26 bits per heavy atom. The molecule has 0 aliphatic carbocycles. The molecule has 0 spiro atoms. The molecule has 0 aliphatic rings. The summed E-state index contributed by atoms with van der Waals surface area (Å²) < 4.78 is 5.15. The second kappa shape index (κ2) is 8.09. The van der Waals surface area contributed by atoms with Gasteiger partial charge in [0.15, 0.2) is 0 Å². The maximum Gasteiger partial charge on any atom is 0.132 e. The first-order chi connectivity index (χ1) is 9.28.